The van der Waals surface area contributed by atoms with Crippen molar-refractivity contribution in [1.29, 1.82) is 0 Å². The molecule has 1 aromatic carbocycles. The van der Waals surface area contributed by atoms with E-state index in [1.807, 2.05) is 0 Å². The highest BCUT2D eigenvalue weighted by Gasteiger charge is 2.13. The zero-order valence-corrected chi connectivity index (χ0v) is 8.93. The fourth-order valence-electron chi connectivity index (χ4n) is 1.45. The SMILES string of the molecule is COCOc1cccc(CO)c1C(C)O. The first-order valence-electron chi connectivity index (χ1n) is 4.73. The smallest absolute Gasteiger partial charge is 0.188 e. The van der Waals surface area contributed by atoms with E-state index in [1.165, 1.54) is 7.11 Å². The lowest BCUT2D eigenvalue weighted by Gasteiger charge is -2.16. The van der Waals surface area contributed by atoms with Crippen molar-refractivity contribution in [3.8, 4) is 5.75 Å². The Hall–Kier alpha value is -1.10. The predicted octanol–water partition coefficient (Wildman–Crippen LogP) is 1.21. The highest BCUT2D eigenvalue weighted by Crippen LogP contribution is 2.28. The van der Waals surface area contributed by atoms with Crippen LogP contribution in [0.15, 0.2) is 18.2 Å². The van der Waals surface area contributed by atoms with Crippen molar-refractivity contribution in [3.05, 3.63) is 29.3 Å². The van der Waals surface area contributed by atoms with Gasteiger partial charge in [0.05, 0.1) is 12.7 Å². The predicted molar refractivity (Wildman–Crippen MR) is 55.5 cm³/mol. The molecule has 0 fully saturated rings. The van der Waals surface area contributed by atoms with E-state index in [1.54, 1.807) is 25.1 Å². The van der Waals surface area contributed by atoms with Gasteiger partial charge in [-0.2, -0.15) is 0 Å². The molecule has 0 spiro atoms. The molecule has 0 aromatic heterocycles. The van der Waals surface area contributed by atoms with Gasteiger partial charge in [0.25, 0.3) is 0 Å². The zero-order valence-electron chi connectivity index (χ0n) is 8.93. The molecule has 0 aliphatic carbocycles. The zero-order chi connectivity index (χ0) is 11.3. The lowest BCUT2D eigenvalue weighted by molar-refractivity contribution is 0.0481. The standard InChI is InChI=1S/C11H16O4/c1-8(13)11-9(6-12)4-3-5-10(11)15-7-14-2/h3-5,8,12-13H,6-7H2,1-2H3. The van der Waals surface area contributed by atoms with E-state index >= 15 is 0 Å². The van der Waals surface area contributed by atoms with E-state index in [-0.39, 0.29) is 13.4 Å². The molecule has 0 aliphatic heterocycles. The van der Waals surface area contributed by atoms with Gasteiger partial charge in [0, 0.05) is 12.7 Å². The summed E-state index contributed by atoms with van der Waals surface area (Å²) in [5, 5.41) is 18.7. The molecule has 0 amide bonds. The maximum atomic E-state index is 9.58. The molecule has 0 radical (unpaired) electrons. The van der Waals surface area contributed by atoms with Crippen LogP contribution in [0.3, 0.4) is 0 Å². The summed E-state index contributed by atoms with van der Waals surface area (Å²) in [6, 6.07) is 5.25. The number of aliphatic hydroxyl groups is 2. The van der Waals surface area contributed by atoms with Crippen molar-refractivity contribution < 1.29 is 19.7 Å². The van der Waals surface area contributed by atoms with Gasteiger partial charge in [-0.3, -0.25) is 0 Å². The van der Waals surface area contributed by atoms with E-state index in [2.05, 4.69) is 0 Å². The summed E-state index contributed by atoms with van der Waals surface area (Å²) in [6.45, 7) is 1.63. The third-order valence-corrected chi connectivity index (χ3v) is 2.08. The molecule has 15 heavy (non-hydrogen) atoms. The van der Waals surface area contributed by atoms with Gasteiger partial charge < -0.3 is 19.7 Å². The second-order valence-electron chi connectivity index (χ2n) is 3.21. The largest absolute Gasteiger partial charge is 0.467 e. The van der Waals surface area contributed by atoms with Crippen LogP contribution >= 0.6 is 0 Å². The number of rotatable bonds is 5. The molecular formula is C11H16O4. The Labute approximate surface area is 89.1 Å². The fraction of sp³-hybridized carbons (Fsp3) is 0.455. The van der Waals surface area contributed by atoms with E-state index in [0.29, 0.717) is 16.9 Å². The minimum absolute atomic E-state index is 0.120. The van der Waals surface area contributed by atoms with Crippen molar-refractivity contribution in [2.45, 2.75) is 19.6 Å². The number of hydrogen-bond acceptors (Lipinski definition) is 4. The van der Waals surface area contributed by atoms with Crippen molar-refractivity contribution >= 4 is 0 Å². The molecule has 1 aromatic rings. The number of benzene rings is 1. The Bertz CT molecular complexity index is 309. The Balaban J connectivity index is 3.02. The molecule has 4 nitrogen and oxygen atoms in total. The highest BCUT2D eigenvalue weighted by molar-refractivity contribution is 5.41. The molecule has 1 rings (SSSR count). The van der Waals surface area contributed by atoms with Gasteiger partial charge >= 0.3 is 0 Å². The number of ether oxygens (including phenoxy) is 2. The van der Waals surface area contributed by atoms with Gasteiger partial charge in [-0.1, -0.05) is 12.1 Å². The normalized spacial score (nSPS) is 12.5. The maximum absolute atomic E-state index is 9.58. The quantitative estimate of drug-likeness (QED) is 0.720. The Morgan fingerprint density at radius 3 is 2.67 bits per heavy atom. The molecule has 4 heteroatoms. The number of methoxy groups -OCH3 is 1. The lowest BCUT2D eigenvalue weighted by Crippen LogP contribution is -2.06. The minimum atomic E-state index is -0.680. The molecule has 84 valence electrons. The number of aliphatic hydroxyl groups excluding tert-OH is 2. The van der Waals surface area contributed by atoms with Crippen LogP contribution in [-0.4, -0.2) is 24.1 Å². The molecule has 1 atom stereocenters. The van der Waals surface area contributed by atoms with E-state index in [0.717, 1.165) is 0 Å². The average molecular weight is 212 g/mol. The summed E-state index contributed by atoms with van der Waals surface area (Å²) in [4.78, 5) is 0. The van der Waals surface area contributed by atoms with Crippen LogP contribution in [0, 0.1) is 0 Å². The van der Waals surface area contributed by atoms with Gasteiger partial charge in [-0.05, 0) is 18.6 Å². The van der Waals surface area contributed by atoms with Crippen molar-refractivity contribution in [2.24, 2.45) is 0 Å². The first-order chi connectivity index (χ1) is 7.20. The second kappa shape index (κ2) is 5.70. The van der Waals surface area contributed by atoms with Crippen molar-refractivity contribution in [1.82, 2.24) is 0 Å². The van der Waals surface area contributed by atoms with Crippen LogP contribution in [0.25, 0.3) is 0 Å². The third-order valence-electron chi connectivity index (χ3n) is 2.08. The van der Waals surface area contributed by atoms with E-state index < -0.39 is 6.10 Å². The topological polar surface area (TPSA) is 58.9 Å². The minimum Gasteiger partial charge on any atom is -0.467 e. The number of hydrogen-bond donors (Lipinski definition) is 2. The first kappa shape index (κ1) is 12.0. The molecule has 0 bridgehead atoms. The van der Waals surface area contributed by atoms with Crippen LogP contribution in [-0.2, 0) is 11.3 Å². The van der Waals surface area contributed by atoms with E-state index in [4.69, 9.17) is 14.6 Å². The van der Waals surface area contributed by atoms with Gasteiger partial charge in [-0.25, -0.2) is 0 Å². The molecular weight excluding hydrogens is 196 g/mol. The molecule has 1 unspecified atom stereocenters. The Morgan fingerprint density at radius 2 is 2.13 bits per heavy atom. The summed E-state index contributed by atoms with van der Waals surface area (Å²) in [7, 11) is 1.53. The third kappa shape index (κ3) is 2.92. The molecule has 0 heterocycles. The van der Waals surface area contributed by atoms with Crippen LogP contribution in [0.2, 0.25) is 0 Å². The summed E-state index contributed by atoms with van der Waals surface area (Å²) < 4.78 is 10.1. The Kier molecular flexibility index (Phi) is 4.55. The van der Waals surface area contributed by atoms with Crippen LogP contribution in [0.5, 0.6) is 5.75 Å². The molecule has 0 saturated carbocycles. The average Bonchev–Trinajstić information content (AvgIpc) is 2.25. The van der Waals surface area contributed by atoms with Gasteiger partial charge in [0.1, 0.15) is 5.75 Å². The lowest BCUT2D eigenvalue weighted by atomic mass is 10.0. The van der Waals surface area contributed by atoms with Crippen molar-refractivity contribution in [3.63, 3.8) is 0 Å². The second-order valence-corrected chi connectivity index (χ2v) is 3.21. The van der Waals surface area contributed by atoms with Gasteiger partial charge in [-0.15, -0.1) is 0 Å². The summed E-state index contributed by atoms with van der Waals surface area (Å²) in [5.74, 6) is 0.540. The van der Waals surface area contributed by atoms with Gasteiger partial charge in [0.2, 0.25) is 0 Å². The Morgan fingerprint density at radius 1 is 1.40 bits per heavy atom. The monoisotopic (exact) mass is 212 g/mol. The van der Waals surface area contributed by atoms with Gasteiger partial charge in [0.15, 0.2) is 6.79 Å². The highest BCUT2D eigenvalue weighted by atomic mass is 16.7. The summed E-state index contributed by atoms with van der Waals surface area (Å²) in [6.07, 6.45) is -0.680. The van der Waals surface area contributed by atoms with E-state index in [9.17, 15) is 5.11 Å². The van der Waals surface area contributed by atoms with Crippen LogP contribution in [0.4, 0.5) is 0 Å². The maximum Gasteiger partial charge on any atom is 0.188 e. The molecule has 0 saturated heterocycles. The van der Waals surface area contributed by atoms with Crippen LogP contribution < -0.4 is 4.74 Å². The van der Waals surface area contributed by atoms with Crippen molar-refractivity contribution in [2.75, 3.05) is 13.9 Å². The van der Waals surface area contributed by atoms with Crippen LogP contribution in [0.1, 0.15) is 24.2 Å². The first-order valence-corrected chi connectivity index (χ1v) is 4.73. The summed E-state index contributed by atoms with van der Waals surface area (Å²) >= 11 is 0. The fourth-order valence-corrected chi connectivity index (χ4v) is 1.45. The summed E-state index contributed by atoms with van der Waals surface area (Å²) in [5.41, 5.74) is 1.27. The molecule has 2 N–H and O–H groups in total. The molecule has 0 aliphatic rings.